The molecular formula is C18H12BrFN2O5. The third kappa shape index (κ3) is 4.70. The Labute approximate surface area is 161 Å². The Kier molecular flexibility index (Phi) is 5.51. The Balaban J connectivity index is 1.60. The number of amides is 1. The molecule has 0 bridgehead atoms. The van der Waals surface area contributed by atoms with E-state index in [-0.39, 0.29) is 23.7 Å². The number of anilines is 1. The fourth-order valence-corrected chi connectivity index (χ4v) is 2.50. The van der Waals surface area contributed by atoms with Crippen LogP contribution in [0.5, 0.6) is 5.75 Å². The number of nitro benzene ring substituents is 1. The van der Waals surface area contributed by atoms with Crippen LogP contribution in [-0.4, -0.2) is 10.8 Å². The maximum absolute atomic E-state index is 13.8. The van der Waals surface area contributed by atoms with Crippen LogP contribution < -0.4 is 10.1 Å². The van der Waals surface area contributed by atoms with E-state index in [9.17, 15) is 19.3 Å². The highest BCUT2D eigenvalue weighted by Gasteiger charge is 2.14. The molecule has 7 nitrogen and oxygen atoms in total. The number of carbonyl (C=O) groups is 1. The molecule has 0 aliphatic heterocycles. The van der Waals surface area contributed by atoms with Gasteiger partial charge in [-0.2, -0.15) is 0 Å². The SMILES string of the molecule is O=C(Nc1ccc(Br)cc1F)c1ccc(COc2ccc([N+](=O)[O-])cc2)o1. The molecule has 0 aliphatic carbocycles. The van der Waals surface area contributed by atoms with Crippen LogP contribution in [0.15, 0.2) is 63.5 Å². The summed E-state index contributed by atoms with van der Waals surface area (Å²) < 4.78 is 25.2. The summed E-state index contributed by atoms with van der Waals surface area (Å²) in [7, 11) is 0. The lowest BCUT2D eigenvalue weighted by Crippen LogP contribution is -2.12. The van der Waals surface area contributed by atoms with Crippen LogP contribution in [0.2, 0.25) is 0 Å². The smallest absolute Gasteiger partial charge is 0.291 e. The van der Waals surface area contributed by atoms with Crippen LogP contribution in [0.4, 0.5) is 15.8 Å². The highest BCUT2D eigenvalue weighted by Crippen LogP contribution is 2.21. The van der Waals surface area contributed by atoms with Gasteiger partial charge in [0.25, 0.3) is 11.6 Å². The molecule has 138 valence electrons. The lowest BCUT2D eigenvalue weighted by Gasteiger charge is -2.05. The van der Waals surface area contributed by atoms with E-state index < -0.39 is 16.6 Å². The zero-order valence-electron chi connectivity index (χ0n) is 13.6. The maximum Gasteiger partial charge on any atom is 0.291 e. The first-order chi connectivity index (χ1) is 12.9. The molecular weight excluding hydrogens is 423 g/mol. The fraction of sp³-hybridized carbons (Fsp3) is 0.0556. The van der Waals surface area contributed by atoms with Crippen LogP contribution in [0.25, 0.3) is 0 Å². The van der Waals surface area contributed by atoms with Gasteiger partial charge in [-0.1, -0.05) is 15.9 Å². The molecule has 1 amide bonds. The molecule has 0 spiro atoms. The monoisotopic (exact) mass is 434 g/mol. The molecule has 0 saturated heterocycles. The van der Waals surface area contributed by atoms with Gasteiger partial charge in [0.05, 0.1) is 10.6 Å². The summed E-state index contributed by atoms with van der Waals surface area (Å²) >= 11 is 3.14. The third-order valence-electron chi connectivity index (χ3n) is 3.49. The van der Waals surface area contributed by atoms with Crippen molar-refractivity contribution in [3.8, 4) is 5.75 Å². The zero-order valence-corrected chi connectivity index (χ0v) is 15.2. The summed E-state index contributed by atoms with van der Waals surface area (Å²) in [5.74, 6) is -0.391. The number of hydrogen-bond acceptors (Lipinski definition) is 5. The quantitative estimate of drug-likeness (QED) is 0.438. The second-order valence-electron chi connectivity index (χ2n) is 5.38. The lowest BCUT2D eigenvalue weighted by molar-refractivity contribution is -0.384. The minimum absolute atomic E-state index is 0.000353. The van der Waals surface area contributed by atoms with Gasteiger partial charge in [-0.25, -0.2) is 4.39 Å². The molecule has 3 rings (SSSR count). The number of benzene rings is 2. The van der Waals surface area contributed by atoms with Gasteiger partial charge in [0.15, 0.2) is 5.76 Å². The van der Waals surface area contributed by atoms with E-state index in [2.05, 4.69) is 21.2 Å². The van der Waals surface area contributed by atoms with Crippen LogP contribution in [0, 0.1) is 15.9 Å². The topological polar surface area (TPSA) is 94.6 Å². The summed E-state index contributed by atoms with van der Waals surface area (Å²) in [6.07, 6.45) is 0. The largest absolute Gasteiger partial charge is 0.486 e. The molecule has 0 unspecified atom stereocenters. The number of non-ortho nitro benzene ring substituents is 1. The van der Waals surface area contributed by atoms with E-state index in [1.54, 1.807) is 12.1 Å². The van der Waals surface area contributed by atoms with Gasteiger partial charge < -0.3 is 14.5 Å². The first kappa shape index (κ1) is 18.6. The summed E-state index contributed by atoms with van der Waals surface area (Å²) in [5, 5.41) is 13.0. The van der Waals surface area contributed by atoms with Crippen molar-refractivity contribution in [1.29, 1.82) is 0 Å². The molecule has 0 atom stereocenters. The number of hydrogen-bond donors (Lipinski definition) is 1. The van der Waals surface area contributed by atoms with Crippen molar-refractivity contribution >= 4 is 33.2 Å². The molecule has 27 heavy (non-hydrogen) atoms. The van der Waals surface area contributed by atoms with Crippen LogP contribution in [0.3, 0.4) is 0 Å². The molecule has 3 aromatic rings. The van der Waals surface area contributed by atoms with Gasteiger partial charge in [-0.15, -0.1) is 0 Å². The minimum atomic E-state index is -0.599. The highest BCUT2D eigenvalue weighted by atomic mass is 79.9. The first-order valence-corrected chi connectivity index (χ1v) is 8.44. The molecule has 0 fully saturated rings. The Morgan fingerprint density at radius 2 is 1.93 bits per heavy atom. The number of ether oxygens (including phenoxy) is 1. The van der Waals surface area contributed by atoms with E-state index in [0.717, 1.165) is 0 Å². The number of halogens is 2. The van der Waals surface area contributed by atoms with E-state index >= 15 is 0 Å². The second kappa shape index (κ2) is 8.00. The van der Waals surface area contributed by atoms with Gasteiger partial charge in [-0.3, -0.25) is 14.9 Å². The molecule has 1 heterocycles. The number of furan rings is 1. The van der Waals surface area contributed by atoms with Gasteiger partial charge in [0, 0.05) is 16.6 Å². The number of nitrogens with one attached hydrogen (secondary N) is 1. The van der Waals surface area contributed by atoms with Crippen molar-refractivity contribution in [2.75, 3.05) is 5.32 Å². The lowest BCUT2D eigenvalue weighted by atomic mass is 10.3. The van der Waals surface area contributed by atoms with Gasteiger partial charge in [0.2, 0.25) is 0 Å². The molecule has 2 aromatic carbocycles. The fourth-order valence-electron chi connectivity index (χ4n) is 2.17. The second-order valence-corrected chi connectivity index (χ2v) is 6.30. The summed E-state index contributed by atoms with van der Waals surface area (Å²) in [6, 6.07) is 12.8. The number of nitro groups is 1. The van der Waals surface area contributed by atoms with Gasteiger partial charge >= 0.3 is 0 Å². The predicted molar refractivity (Wildman–Crippen MR) is 98.2 cm³/mol. The Morgan fingerprint density at radius 1 is 1.19 bits per heavy atom. The van der Waals surface area contributed by atoms with Crippen LogP contribution >= 0.6 is 15.9 Å². The number of carbonyl (C=O) groups excluding carboxylic acids is 1. The third-order valence-corrected chi connectivity index (χ3v) is 3.99. The Morgan fingerprint density at radius 3 is 2.59 bits per heavy atom. The number of nitrogens with zero attached hydrogens (tertiary/aromatic N) is 1. The van der Waals surface area contributed by atoms with Crippen molar-refractivity contribution in [2.45, 2.75) is 6.61 Å². The normalized spacial score (nSPS) is 10.4. The van der Waals surface area contributed by atoms with Crippen molar-refractivity contribution in [1.82, 2.24) is 0 Å². The summed E-state index contributed by atoms with van der Waals surface area (Å²) in [4.78, 5) is 22.3. The molecule has 0 saturated carbocycles. The van der Waals surface area contributed by atoms with E-state index in [1.165, 1.54) is 42.5 Å². The zero-order chi connectivity index (χ0) is 19.4. The Bertz CT molecular complexity index is 988. The standard InChI is InChI=1S/C18H12BrFN2O5/c19-11-1-7-16(15(20)9-11)21-18(23)17-8-6-14(27-17)10-26-13-4-2-12(3-5-13)22(24)25/h1-9H,10H2,(H,21,23). The van der Waals surface area contributed by atoms with Crippen LogP contribution in [0.1, 0.15) is 16.3 Å². The van der Waals surface area contributed by atoms with Crippen molar-refractivity contribution < 1.29 is 23.3 Å². The van der Waals surface area contributed by atoms with E-state index in [4.69, 9.17) is 9.15 Å². The summed E-state index contributed by atoms with van der Waals surface area (Å²) in [6.45, 7) is 0.0255. The van der Waals surface area contributed by atoms with Gasteiger partial charge in [-0.05, 0) is 42.5 Å². The first-order valence-electron chi connectivity index (χ1n) is 7.65. The minimum Gasteiger partial charge on any atom is -0.486 e. The van der Waals surface area contributed by atoms with Gasteiger partial charge in [0.1, 0.15) is 23.9 Å². The average Bonchev–Trinajstić information content (AvgIpc) is 3.12. The highest BCUT2D eigenvalue weighted by molar-refractivity contribution is 9.10. The maximum atomic E-state index is 13.8. The van der Waals surface area contributed by atoms with Crippen molar-refractivity contribution in [2.24, 2.45) is 0 Å². The van der Waals surface area contributed by atoms with Crippen molar-refractivity contribution in [3.05, 3.63) is 86.5 Å². The molecule has 9 heteroatoms. The summed E-state index contributed by atoms with van der Waals surface area (Å²) in [5.41, 5.74) is -0.0113. The van der Waals surface area contributed by atoms with E-state index in [1.807, 2.05) is 0 Å². The number of rotatable bonds is 6. The van der Waals surface area contributed by atoms with E-state index in [0.29, 0.717) is 16.0 Å². The Hall–Kier alpha value is -3.20. The molecule has 1 N–H and O–H groups in total. The average molecular weight is 435 g/mol. The molecule has 0 aliphatic rings. The van der Waals surface area contributed by atoms with Crippen molar-refractivity contribution in [3.63, 3.8) is 0 Å². The molecule has 1 aromatic heterocycles. The predicted octanol–water partition coefficient (Wildman–Crippen LogP) is 4.92. The van der Waals surface area contributed by atoms with Crippen LogP contribution in [-0.2, 0) is 6.61 Å². The molecule has 0 radical (unpaired) electrons.